The second-order valence-corrected chi connectivity index (χ2v) is 9.01. The Kier molecular flexibility index (Phi) is 7.75. The first-order valence-corrected chi connectivity index (χ1v) is 11.7. The van der Waals surface area contributed by atoms with E-state index in [1.165, 1.54) is 4.90 Å². The fourth-order valence-corrected chi connectivity index (χ4v) is 4.44. The Labute approximate surface area is 214 Å². The molecule has 3 aromatic rings. The molecule has 38 heavy (non-hydrogen) atoms. The summed E-state index contributed by atoms with van der Waals surface area (Å²) in [6.07, 6.45) is -6.68. The van der Waals surface area contributed by atoms with Crippen LogP contribution in [0.25, 0.3) is 0 Å². The third-order valence-corrected chi connectivity index (χ3v) is 6.32. The Hall–Kier alpha value is -3.89. The molecule has 2 aromatic carbocycles. The van der Waals surface area contributed by atoms with E-state index in [2.05, 4.69) is 4.98 Å². The Bertz CT molecular complexity index is 1250. The van der Waals surface area contributed by atoms with Crippen LogP contribution in [0.1, 0.15) is 32.6 Å². The van der Waals surface area contributed by atoms with Gasteiger partial charge >= 0.3 is 12.4 Å². The van der Waals surface area contributed by atoms with E-state index in [1.807, 2.05) is 0 Å². The van der Waals surface area contributed by atoms with Gasteiger partial charge in [-0.25, -0.2) is 0 Å². The Morgan fingerprint density at radius 1 is 0.842 bits per heavy atom. The van der Waals surface area contributed by atoms with Crippen molar-refractivity contribution in [2.45, 2.75) is 31.2 Å². The molecule has 0 spiro atoms. The van der Waals surface area contributed by atoms with Crippen molar-refractivity contribution in [3.63, 3.8) is 0 Å². The van der Waals surface area contributed by atoms with Crippen molar-refractivity contribution in [2.24, 2.45) is 0 Å². The van der Waals surface area contributed by atoms with Crippen molar-refractivity contribution in [2.75, 3.05) is 19.6 Å². The summed E-state index contributed by atoms with van der Waals surface area (Å²) < 4.78 is 80.3. The van der Waals surface area contributed by atoms with Gasteiger partial charge in [-0.2, -0.15) is 26.3 Å². The molecule has 1 saturated heterocycles. The number of alkyl halides is 6. The first-order chi connectivity index (χ1) is 17.9. The molecule has 1 aliphatic heterocycles. The summed E-state index contributed by atoms with van der Waals surface area (Å²) in [5.74, 6) is -1.18. The van der Waals surface area contributed by atoms with E-state index < -0.39 is 41.0 Å². The van der Waals surface area contributed by atoms with Crippen LogP contribution in [0, 0.1) is 0 Å². The van der Waals surface area contributed by atoms with Gasteiger partial charge < -0.3 is 9.80 Å². The summed E-state index contributed by atoms with van der Waals surface area (Å²) >= 11 is 0. The molecule has 2 amide bonds. The number of carbonyl (C=O) groups is 2. The van der Waals surface area contributed by atoms with Crippen molar-refractivity contribution >= 4 is 11.8 Å². The fraction of sp³-hybridized carbons (Fsp3) is 0.296. The van der Waals surface area contributed by atoms with Gasteiger partial charge in [0.25, 0.3) is 5.91 Å². The minimum Gasteiger partial charge on any atom is -0.339 e. The molecular weight excluding hydrogens is 512 g/mol. The van der Waals surface area contributed by atoms with Crippen LogP contribution in [0.5, 0.6) is 0 Å². The number of hydrogen-bond donors (Lipinski definition) is 0. The molecule has 0 unspecified atom stereocenters. The summed E-state index contributed by atoms with van der Waals surface area (Å²) in [4.78, 5) is 33.2. The van der Waals surface area contributed by atoms with Crippen molar-refractivity contribution in [1.29, 1.82) is 0 Å². The van der Waals surface area contributed by atoms with E-state index in [9.17, 15) is 35.9 Å². The Morgan fingerprint density at radius 2 is 1.47 bits per heavy atom. The molecule has 0 saturated carbocycles. The topological polar surface area (TPSA) is 53.5 Å². The molecule has 5 nitrogen and oxygen atoms in total. The highest BCUT2D eigenvalue weighted by Gasteiger charge is 2.39. The average molecular weight is 535 g/mol. The SMILES string of the molecule is O=C(Cc1cccnc1)N1CCN(C(=O)c2cc(C(F)(F)F)cc(C(F)(F)F)c2)[C@H](Cc2ccccc2)C1. The maximum absolute atomic E-state index is 13.4. The van der Waals surface area contributed by atoms with Crippen LogP contribution >= 0.6 is 0 Å². The smallest absolute Gasteiger partial charge is 0.339 e. The van der Waals surface area contributed by atoms with E-state index in [1.54, 1.807) is 59.8 Å². The average Bonchev–Trinajstić information content (AvgIpc) is 2.88. The highest BCUT2D eigenvalue weighted by atomic mass is 19.4. The largest absolute Gasteiger partial charge is 0.416 e. The first-order valence-electron chi connectivity index (χ1n) is 11.7. The van der Waals surface area contributed by atoms with Crippen LogP contribution in [-0.4, -0.2) is 52.3 Å². The van der Waals surface area contributed by atoms with Crippen LogP contribution in [0.4, 0.5) is 26.3 Å². The molecule has 1 fully saturated rings. The summed E-state index contributed by atoms with van der Waals surface area (Å²) in [6, 6.07) is 12.6. The van der Waals surface area contributed by atoms with Crippen molar-refractivity contribution in [3.05, 3.63) is 101 Å². The maximum atomic E-state index is 13.4. The standard InChI is InChI=1S/C27H23F6N3O2/c28-26(29,30)21-13-20(14-22(15-21)27(31,32)33)25(38)36-10-9-35(24(37)12-19-7-4-8-34-16-19)17-23(36)11-18-5-2-1-3-6-18/h1-8,13-16,23H,9-12,17H2/t23-/m1/s1. The lowest BCUT2D eigenvalue weighted by Gasteiger charge is -2.42. The second kappa shape index (κ2) is 10.8. The van der Waals surface area contributed by atoms with Gasteiger partial charge in [0.2, 0.25) is 5.91 Å². The third kappa shape index (κ3) is 6.51. The fourth-order valence-electron chi connectivity index (χ4n) is 4.44. The van der Waals surface area contributed by atoms with Crippen molar-refractivity contribution < 1.29 is 35.9 Å². The molecule has 0 bridgehead atoms. The van der Waals surface area contributed by atoms with Crippen LogP contribution in [0.15, 0.2) is 73.1 Å². The van der Waals surface area contributed by atoms with Crippen molar-refractivity contribution in [3.8, 4) is 0 Å². The van der Waals surface area contributed by atoms with Crippen LogP contribution in [0.2, 0.25) is 0 Å². The zero-order valence-electron chi connectivity index (χ0n) is 20.0. The minimum atomic E-state index is -5.07. The van der Waals surface area contributed by atoms with E-state index in [0.29, 0.717) is 17.7 Å². The number of nitrogens with zero attached hydrogens (tertiary/aromatic N) is 3. The number of pyridine rings is 1. The van der Waals surface area contributed by atoms with Crippen LogP contribution in [0.3, 0.4) is 0 Å². The van der Waals surface area contributed by atoms with Crippen LogP contribution in [-0.2, 0) is 30.0 Å². The lowest BCUT2D eigenvalue weighted by molar-refractivity contribution is -0.143. The highest BCUT2D eigenvalue weighted by Crippen LogP contribution is 2.37. The molecule has 200 valence electrons. The maximum Gasteiger partial charge on any atom is 0.416 e. The number of hydrogen-bond acceptors (Lipinski definition) is 3. The monoisotopic (exact) mass is 535 g/mol. The zero-order chi connectivity index (χ0) is 27.5. The number of amides is 2. The van der Waals surface area contributed by atoms with E-state index in [0.717, 1.165) is 5.56 Å². The lowest BCUT2D eigenvalue weighted by atomic mass is 9.98. The minimum absolute atomic E-state index is 0.00667. The zero-order valence-corrected chi connectivity index (χ0v) is 20.0. The summed E-state index contributed by atoms with van der Waals surface area (Å²) in [5, 5.41) is 0. The molecule has 1 aromatic heterocycles. The predicted molar refractivity (Wildman–Crippen MR) is 126 cm³/mol. The Balaban J connectivity index is 1.63. The molecule has 0 N–H and O–H groups in total. The number of piperazine rings is 1. The molecule has 1 aliphatic rings. The van der Waals surface area contributed by atoms with Gasteiger partial charge in [-0.15, -0.1) is 0 Å². The number of halogens is 6. The molecule has 1 atom stereocenters. The molecule has 0 radical (unpaired) electrons. The Morgan fingerprint density at radius 3 is 2.05 bits per heavy atom. The first kappa shape index (κ1) is 27.2. The highest BCUT2D eigenvalue weighted by molar-refractivity contribution is 5.95. The molecular formula is C27H23F6N3O2. The normalized spacial score (nSPS) is 16.4. The van der Waals surface area contributed by atoms with Crippen molar-refractivity contribution in [1.82, 2.24) is 14.8 Å². The van der Waals surface area contributed by atoms with E-state index in [4.69, 9.17) is 0 Å². The van der Waals surface area contributed by atoms with Crippen LogP contribution < -0.4 is 0 Å². The number of benzene rings is 2. The van der Waals surface area contributed by atoms with E-state index >= 15 is 0 Å². The second-order valence-electron chi connectivity index (χ2n) is 9.01. The summed E-state index contributed by atoms with van der Waals surface area (Å²) in [7, 11) is 0. The van der Waals surface area contributed by atoms with Gasteiger partial charge in [0.05, 0.1) is 23.6 Å². The van der Waals surface area contributed by atoms with Gasteiger partial charge in [-0.05, 0) is 41.8 Å². The summed E-state index contributed by atoms with van der Waals surface area (Å²) in [6.45, 7) is 0.110. The van der Waals surface area contributed by atoms with E-state index in [-0.39, 0.29) is 44.4 Å². The molecule has 2 heterocycles. The number of aromatic nitrogens is 1. The third-order valence-electron chi connectivity index (χ3n) is 6.32. The molecule has 4 rings (SSSR count). The number of rotatable bonds is 5. The predicted octanol–water partition coefficient (Wildman–Crippen LogP) is 5.26. The summed E-state index contributed by atoms with van der Waals surface area (Å²) in [5.41, 5.74) is -2.32. The van der Waals surface area contributed by atoms with Gasteiger partial charge in [-0.3, -0.25) is 14.6 Å². The lowest BCUT2D eigenvalue weighted by Crippen LogP contribution is -2.57. The van der Waals surface area contributed by atoms with Gasteiger partial charge in [0.1, 0.15) is 0 Å². The number of carbonyl (C=O) groups excluding carboxylic acids is 2. The van der Waals surface area contributed by atoms with Gasteiger partial charge in [0, 0.05) is 37.6 Å². The molecule has 11 heteroatoms. The quantitative estimate of drug-likeness (QED) is 0.419. The molecule has 0 aliphatic carbocycles. The van der Waals surface area contributed by atoms with Gasteiger partial charge in [0.15, 0.2) is 0 Å². The van der Waals surface area contributed by atoms with Gasteiger partial charge in [-0.1, -0.05) is 36.4 Å².